The summed E-state index contributed by atoms with van der Waals surface area (Å²) in [6.45, 7) is 2.28. The number of para-hydroxylation sites is 1. The molecule has 2 unspecified atom stereocenters. The third-order valence-electron chi connectivity index (χ3n) is 4.72. The Morgan fingerprint density at radius 1 is 1.05 bits per heavy atom. The van der Waals surface area contributed by atoms with Crippen molar-refractivity contribution in [2.75, 3.05) is 0 Å². The maximum Gasteiger partial charge on any atom is 0.135 e. The van der Waals surface area contributed by atoms with Crippen LogP contribution < -0.4 is 5.73 Å². The van der Waals surface area contributed by atoms with E-state index < -0.39 is 0 Å². The topological polar surface area (TPSA) is 39.2 Å². The molecule has 2 heteroatoms. The Morgan fingerprint density at radius 3 is 2.60 bits per heavy atom. The van der Waals surface area contributed by atoms with Crippen LogP contribution in [-0.2, 0) is 0 Å². The average Bonchev–Trinajstić information content (AvgIpc) is 3.26. The monoisotopic (exact) mass is 265 g/mol. The number of hydrogen-bond donors (Lipinski definition) is 1. The Hall–Kier alpha value is -1.80. The molecule has 0 spiro atoms. The van der Waals surface area contributed by atoms with Crippen molar-refractivity contribution in [1.29, 1.82) is 0 Å². The minimum Gasteiger partial charge on any atom is -0.456 e. The van der Waals surface area contributed by atoms with Gasteiger partial charge in [-0.15, -0.1) is 0 Å². The van der Waals surface area contributed by atoms with Gasteiger partial charge in [0.15, 0.2) is 0 Å². The quantitative estimate of drug-likeness (QED) is 0.749. The van der Waals surface area contributed by atoms with Crippen LogP contribution in [0.5, 0.6) is 0 Å². The van der Waals surface area contributed by atoms with Crippen LogP contribution in [0, 0.1) is 11.8 Å². The van der Waals surface area contributed by atoms with E-state index in [0.29, 0.717) is 5.92 Å². The van der Waals surface area contributed by atoms with Gasteiger partial charge < -0.3 is 10.2 Å². The molecule has 0 bridgehead atoms. The van der Waals surface area contributed by atoms with E-state index in [0.717, 1.165) is 17.1 Å². The molecule has 1 heterocycles. The van der Waals surface area contributed by atoms with E-state index in [9.17, 15) is 0 Å². The predicted molar refractivity (Wildman–Crippen MR) is 82.5 cm³/mol. The summed E-state index contributed by atoms with van der Waals surface area (Å²) in [5.41, 5.74) is 9.57. The lowest BCUT2D eigenvalue weighted by atomic mass is 9.91. The minimum absolute atomic E-state index is 0.126. The Morgan fingerprint density at radius 2 is 1.80 bits per heavy atom. The normalized spacial score (nSPS) is 18.5. The van der Waals surface area contributed by atoms with Crippen LogP contribution in [0.4, 0.5) is 0 Å². The van der Waals surface area contributed by atoms with Gasteiger partial charge >= 0.3 is 0 Å². The fourth-order valence-corrected chi connectivity index (χ4v) is 3.17. The van der Waals surface area contributed by atoms with E-state index in [1.54, 1.807) is 0 Å². The number of fused-ring (bicyclic) bond motifs is 3. The SMILES string of the molecule is CC(C1CC1)C(N)c1ccc2oc3ccccc3c2c1. The van der Waals surface area contributed by atoms with Gasteiger partial charge in [0.05, 0.1) is 0 Å². The standard InChI is InChI=1S/C18H19NO/c1-11(12-6-7-12)18(19)13-8-9-17-15(10-13)14-4-2-3-5-16(14)20-17/h2-5,8-12,18H,6-7,19H2,1H3. The third-order valence-corrected chi connectivity index (χ3v) is 4.72. The van der Waals surface area contributed by atoms with Crippen LogP contribution in [0.3, 0.4) is 0 Å². The highest BCUT2D eigenvalue weighted by Crippen LogP contribution is 2.42. The first-order valence-electron chi connectivity index (χ1n) is 7.41. The van der Waals surface area contributed by atoms with Crippen molar-refractivity contribution in [2.24, 2.45) is 17.6 Å². The van der Waals surface area contributed by atoms with Gasteiger partial charge in [0, 0.05) is 16.8 Å². The molecule has 1 fully saturated rings. The second-order valence-corrected chi connectivity index (χ2v) is 6.08. The highest BCUT2D eigenvalue weighted by molar-refractivity contribution is 6.05. The van der Waals surface area contributed by atoms with Crippen molar-refractivity contribution >= 4 is 21.9 Å². The summed E-state index contributed by atoms with van der Waals surface area (Å²) in [6.07, 6.45) is 2.68. The van der Waals surface area contributed by atoms with E-state index in [4.69, 9.17) is 10.2 Å². The van der Waals surface area contributed by atoms with Crippen molar-refractivity contribution in [1.82, 2.24) is 0 Å². The molecule has 0 radical (unpaired) electrons. The number of furan rings is 1. The second-order valence-electron chi connectivity index (χ2n) is 6.08. The summed E-state index contributed by atoms with van der Waals surface area (Å²) in [5.74, 6) is 1.38. The van der Waals surface area contributed by atoms with Gasteiger partial charge in [-0.1, -0.05) is 31.2 Å². The molecule has 102 valence electrons. The fraction of sp³-hybridized carbons (Fsp3) is 0.333. The maximum absolute atomic E-state index is 6.45. The van der Waals surface area contributed by atoms with Crippen LogP contribution in [0.15, 0.2) is 46.9 Å². The summed E-state index contributed by atoms with van der Waals surface area (Å²) in [7, 11) is 0. The van der Waals surface area contributed by atoms with Gasteiger partial charge in [-0.25, -0.2) is 0 Å². The molecule has 1 aliphatic rings. The van der Waals surface area contributed by atoms with Crippen LogP contribution in [0.1, 0.15) is 31.4 Å². The lowest BCUT2D eigenvalue weighted by molar-refractivity contribution is 0.417. The summed E-state index contributed by atoms with van der Waals surface area (Å²) in [5, 5.41) is 2.35. The van der Waals surface area contributed by atoms with E-state index >= 15 is 0 Å². The first-order valence-corrected chi connectivity index (χ1v) is 7.41. The Kier molecular flexibility index (Phi) is 2.61. The Labute approximate surface area is 118 Å². The van der Waals surface area contributed by atoms with E-state index in [2.05, 4.69) is 37.3 Å². The molecule has 20 heavy (non-hydrogen) atoms. The second kappa shape index (κ2) is 4.35. The smallest absolute Gasteiger partial charge is 0.135 e. The van der Waals surface area contributed by atoms with E-state index in [1.165, 1.54) is 29.2 Å². The molecular weight excluding hydrogens is 246 g/mol. The average molecular weight is 265 g/mol. The minimum atomic E-state index is 0.126. The zero-order chi connectivity index (χ0) is 13.7. The van der Waals surface area contributed by atoms with Gasteiger partial charge in [0.25, 0.3) is 0 Å². The number of benzene rings is 2. The maximum atomic E-state index is 6.45. The molecular formula is C18H19NO. The van der Waals surface area contributed by atoms with Gasteiger partial charge in [0.1, 0.15) is 11.2 Å². The first kappa shape index (κ1) is 12.0. The van der Waals surface area contributed by atoms with E-state index in [-0.39, 0.29) is 6.04 Å². The van der Waals surface area contributed by atoms with Crippen molar-refractivity contribution in [3.8, 4) is 0 Å². The zero-order valence-electron chi connectivity index (χ0n) is 11.7. The molecule has 2 N–H and O–H groups in total. The molecule has 2 atom stereocenters. The first-order chi connectivity index (χ1) is 9.74. The summed E-state index contributed by atoms with van der Waals surface area (Å²) < 4.78 is 5.87. The summed E-state index contributed by atoms with van der Waals surface area (Å²) in [6, 6.07) is 14.7. The molecule has 0 saturated heterocycles. The predicted octanol–water partition coefficient (Wildman–Crippen LogP) is 4.63. The van der Waals surface area contributed by atoms with Gasteiger partial charge in [-0.05, 0) is 48.4 Å². The van der Waals surface area contributed by atoms with Crippen LogP contribution >= 0.6 is 0 Å². The number of rotatable bonds is 3. The zero-order valence-corrected chi connectivity index (χ0v) is 11.7. The molecule has 2 nitrogen and oxygen atoms in total. The molecule has 1 saturated carbocycles. The highest BCUT2D eigenvalue weighted by Gasteiger charge is 2.32. The van der Waals surface area contributed by atoms with Crippen molar-refractivity contribution < 1.29 is 4.42 Å². The molecule has 2 aromatic carbocycles. The van der Waals surface area contributed by atoms with Crippen LogP contribution in [0.25, 0.3) is 21.9 Å². The van der Waals surface area contributed by atoms with Crippen molar-refractivity contribution in [3.05, 3.63) is 48.0 Å². The fourth-order valence-electron chi connectivity index (χ4n) is 3.17. The molecule has 1 aromatic heterocycles. The molecule has 1 aliphatic carbocycles. The van der Waals surface area contributed by atoms with Crippen molar-refractivity contribution in [2.45, 2.75) is 25.8 Å². The Balaban J connectivity index is 1.82. The summed E-state index contributed by atoms with van der Waals surface area (Å²) in [4.78, 5) is 0. The number of nitrogens with two attached hydrogens (primary N) is 1. The van der Waals surface area contributed by atoms with Crippen LogP contribution in [-0.4, -0.2) is 0 Å². The molecule has 3 aromatic rings. The third kappa shape index (κ3) is 1.83. The van der Waals surface area contributed by atoms with Gasteiger partial charge in [-0.2, -0.15) is 0 Å². The highest BCUT2D eigenvalue weighted by atomic mass is 16.3. The van der Waals surface area contributed by atoms with Gasteiger partial charge in [-0.3, -0.25) is 0 Å². The molecule has 4 rings (SSSR count). The van der Waals surface area contributed by atoms with E-state index in [1.807, 2.05) is 12.1 Å². The molecule has 0 amide bonds. The largest absolute Gasteiger partial charge is 0.456 e. The Bertz CT molecular complexity index is 769. The summed E-state index contributed by atoms with van der Waals surface area (Å²) >= 11 is 0. The number of hydrogen-bond acceptors (Lipinski definition) is 2. The lowest BCUT2D eigenvalue weighted by Crippen LogP contribution is -2.20. The van der Waals surface area contributed by atoms with Crippen LogP contribution in [0.2, 0.25) is 0 Å². The molecule has 0 aliphatic heterocycles. The lowest BCUT2D eigenvalue weighted by Gasteiger charge is -2.19. The van der Waals surface area contributed by atoms with Gasteiger partial charge in [0.2, 0.25) is 0 Å². The van der Waals surface area contributed by atoms with Crippen molar-refractivity contribution in [3.63, 3.8) is 0 Å².